The summed E-state index contributed by atoms with van der Waals surface area (Å²) < 4.78 is 11.1. The molecular formula is C17H20N2O3. The van der Waals surface area contributed by atoms with Gasteiger partial charge in [-0.3, -0.25) is 4.79 Å². The van der Waals surface area contributed by atoms with Crippen LogP contribution in [0.4, 0.5) is 0 Å². The van der Waals surface area contributed by atoms with Gasteiger partial charge in [0.2, 0.25) is 5.76 Å². The summed E-state index contributed by atoms with van der Waals surface area (Å²) in [6, 6.07) is 6.03. The minimum atomic E-state index is -0.227. The number of hydrogen-bond donors (Lipinski definition) is 1. The normalized spacial score (nSPS) is 16.2. The van der Waals surface area contributed by atoms with Gasteiger partial charge in [0.25, 0.3) is 5.91 Å². The van der Waals surface area contributed by atoms with E-state index < -0.39 is 0 Å². The Morgan fingerprint density at radius 1 is 1.45 bits per heavy atom. The Labute approximate surface area is 129 Å². The molecule has 0 fully saturated rings. The van der Waals surface area contributed by atoms with Crippen LogP contribution in [0.25, 0.3) is 0 Å². The van der Waals surface area contributed by atoms with E-state index in [9.17, 15) is 4.79 Å². The van der Waals surface area contributed by atoms with Crippen LogP contribution in [0.2, 0.25) is 0 Å². The van der Waals surface area contributed by atoms with Gasteiger partial charge in [0, 0.05) is 19.4 Å². The SMILES string of the molecule is CCc1nc(C)c(C(=O)NCc2ccc3c(c2)CC(C)O3)o1. The highest BCUT2D eigenvalue weighted by Crippen LogP contribution is 2.29. The number of fused-ring (bicyclic) bond motifs is 1. The van der Waals surface area contributed by atoms with Crippen LogP contribution >= 0.6 is 0 Å². The van der Waals surface area contributed by atoms with Gasteiger partial charge >= 0.3 is 0 Å². The number of aryl methyl sites for hydroxylation is 2. The lowest BCUT2D eigenvalue weighted by molar-refractivity contribution is 0.0920. The third kappa shape index (κ3) is 2.84. The number of nitrogens with one attached hydrogen (secondary N) is 1. The molecule has 0 bridgehead atoms. The number of oxazole rings is 1. The van der Waals surface area contributed by atoms with Gasteiger partial charge < -0.3 is 14.5 Å². The molecule has 1 aromatic carbocycles. The average Bonchev–Trinajstić information content (AvgIpc) is 3.05. The molecule has 22 heavy (non-hydrogen) atoms. The summed E-state index contributed by atoms with van der Waals surface area (Å²) >= 11 is 0. The predicted molar refractivity (Wildman–Crippen MR) is 82.0 cm³/mol. The molecule has 2 aromatic rings. The van der Waals surface area contributed by atoms with E-state index in [1.165, 1.54) is 5.56 Å². The molecule has 1 aliphatic heterocycles. The molecule has 1 atom stereocenters. The first-order valence-electron chi connectivity index (χ1n) is 7.59. The monoisotopic (exact) mass is 300 g/mol. The van der Waals surface area contributed by atoms with Crippen molar-refractivity contribution in [3.8, 4) is 5.75 Å². The van der Waals surface area contributed by atoms with E-state index in [0.29, 0.717) is 30.3 Å². The Balaban J connectivity index is 1.66. The summed E-state index contributed by atoms with van der Waals surface area (Å²) in [5.41, 5.74) is 2.88. The molecule has 1 aliphatic rings. The lowest BCUT2D eigenvalue weighted by atomic mass is 10.1. The molecular weight excluding hydrogens is 280 g/mol. The van der Waals surface area contributed by atoms with Crippen molar-refractivity contribution >= 4 is 5.91 Å². The van der Waals surface area contributed by atoms with Crippen LogP contribution < -0.4 is 10.1 Å². The van der Waals surface area contributed by atoms with E-state index in [0.717, 1.165) is 17.7 Å². The molecule has 0 radical (unpaired) electrons. The van der Waals surface area contributed by atoms with Crippen LogP contribution in [-0.2, 0) is 19.4 Å². The van der Waals surface area contributed by atoms with Crippen molar-refractivity contribution in [1.82, 2.24) is 10.3 Å². The Morgan fingerprint density at radius 2 is 2.27 bits per heavy atom. The van der Waals surface area contributed by atoms with Crippen molar-refractivity contribution in [2.45, 2.75) is 46.3 Å². The predicted octanol–water partition coefficient (Wildman–Crippen LogP) is 2.80. The molecule has 1 aromatic heterocycles. The lowest BCUT2D eigenvalue weighted by Gasteiger charge is -2.06. The molecule has 5 heteroatoms. The van der Waals surface area contributed by atoms with Crippen LogP contribution in [0.1, 0.15) is 47.1 Å². The van der Waals surface area contributed by atoms with Crippen molar-refractivity contribution in [3.63, 3.8) is 0 Å². The van der Waals surface area contributed by atoms with Gasteiger partial charge in [-0.05, 0) is 31.0 Å². The van der Waals surface area contributed by atoms with Gasteiger partial charge in [-0.25, -0.2) is 4.98 Å². The zero-order valence-electron chi connectivity index (χ0n) is 13.1. The second-order valence-corrected chi connectivity index (χ2v) is 5.63. The summed E-state index contributed by atoms with van der Waals surface area (Å²) in [6.45, 7) is 6.24. The van der Waals surface area contributed by atoms with Crippen LogP contribution in [0.5, 0.6) is 5.75 Å². The smallest absolute Gasteiger partial charge is 0.289 e. The first-order chi connectivity index (χ1) is 10.6. The fourth-order valence-corrected chi connectivity index (χ4v) is 2.66. The van der Waals surface area contributed by atoms with E-state index in [-0.39, 0.29) is 12.0 Å². The second kappa shape index (κ2) is 5.83. The van der Waals surface area contributed by atoms with E-state index in [2.05, 4.69) is 23.3 Å². The molecule has 1 unspecified atom stereocenters. The highest BCUT2D eigenvalue weighted by Gasteiger charge is 2.20. The zero-order chi connectivity index (χ0) is 15.7. The minimum absolute atomic E-state index is 0.226. The molecule has 1 N–H and O–H groups in total. The average molecular weight is 300 g/mol. The molecule has 0 aliphatic carbocycles. The van der Waals surface area contributed by atoms with Crippen LogP contribution in [0.3, 0.4) is 0 Å². The third-order valence-corrected chi connectivity index (χ3v) is 3.76. The quantitative estimate of drug-likeness (QED) is 0.943. The number of ether oxygens (including phenoxy) is 1. The molecule has 0 spiro atoms. The van der Waals surface area contributed by atoms with Crippen molar-refractivity contribution < 1.29 is 13.9 Å². The highest BCUT2D eigenvalue weighted by atomic mass is 16.5. The van der Waals surface area contributed by atoms with E-state index in [4.69, 9.17) is 9.15 Å². The summed E-state index contributed by atoms with van der Waals surface area (Å²) in [5.74, 6) is 1.61. The van der Waals surface area contributed by atoms with Crippen LogP contribution in [0, 0.1) is 6.92 Å². The standard InChI is InChI=1S/C17H20N2O3/c1-4-15-19-11(3)16(22-15)17(20)18-9-12-5-6-14-13(8-12)7-10(2)21-14/h5-6,8,10H,4,7,9H2,1-3H3,(H,18,20). The summed E-state index contributed by atoms with van der Waals surface area (Å²) in [7, 11) is 0. The van der Waals surface area contributed by atoms with Gasteiger partial charge in [-0.2, -0.15) is 0 Å². The molecule has 5 nitrogen and oxygen atoms in total. The fraction of sp³-hybridized carbons (Fsp3) is 0.412. The maximum atomic E-state index is 12.2. The van der Waals surface area contributed by atoms with Crippen molar-refractivity contribution in [2.75, 3.05) is 0 Å². The Morgan fingerprint density at radius 3 is 3.00 bits per heavy atom. The minimum Gasteiger partial charge on any atom is -0.490 e. The van der Waals surface area contributed by atoms with Gasteiger partial charge in [0.15, 0.2) is 5.89 Å². The Hall–Kier alpha value is -2.30. The fourth-order valence-electron chi connectivity index (χ4n) is 2.66. The number of benzene rings is 1. The van der Waals surface area contributed by atoms with E-state index in [1.54, 1.807) is 6.92 Å². The van der Waals surface area contributed by atoms with Crippen molar-refractivity contribution in [3.05, 3.63) is 46.7 Å². The molecule has 0 saturated heterocycles. The summed E-state index contributed by atoms with van der Waals surface area (Å²) in [5, 5.41) is 2.88. The Bertz CT molecular complexity index is 706. The number of hydrogen-bond acceptors (Lipinski definition) is 4. The highest BCUT2D eigenvalue weighted by molar-refractivity contribution is 5.92. The second-order valence-electron chi connectivity index (χ2n) is 5.63. The van der Waals surface area contributed by atoms with Gasteiger partial charge in [-0.15, -0.1) is 0 Å². The van der Waals surface area contributed by atoms with Crippen molar-refractivity contribution in [1.29, 1.82) is 0 Å². The maximum Gasteiger partial charge on any atom is 0.289 e. The number of amides is 1. The maximum absolute atomic E-state index is 12.2. The van der Waals surface area contributed by atoms with Gasteiger partial charge in [-0.1, -0.05) is 19.1 Å². The number of rotatable bonds is 4. The third-order valence-electron chi connectivity index (χ3n) is 3.76. The van der Waals surface area contributed by atoms with Gasteiger partial charge in [0.1, 0.15) is 11.9 Å². The first kappa shape index (κ1) is 14.6. The Kier molecular flexibility index (Phi) is 3.88. The molecule has 116 valence electrons. The van der Waals surface area contributed by atoms with Gasteiger partial charge in [0.05, 0.1) is 5.69 Å². The first-order valence-corrected chi connectivity index (χ1v) is 7.59. The van der Waals surface area contributed by atoms with Crippen molar-refractivity contribution in [2.24, 2.45) is 0 Å². The lowest BCUT2D eigenvalue weighted by Crippen LogP contribution is -2.23. The van der Waals surface area contributed by atoms with Crippen LogP contribution in [-0.4, -0.2) is 17.0 Å². The number of nitrogens with zero attached hydrogens (tertiary/aromatic N) is 1. The number of carbonyl (C=O) groups excluding carboxylic acids is 1. The summed E-state index contributed by atoms with van der Waals surface area (Å²) in [4.78, 5) is 16.4. The topological polar surface area (TPSA) is 64.4 Å². The molecule has 3 rings (SSSR count). The number of carbonyl (C=O) groups is 1. The van der Waals surface area contributed by atoms with E-state index in [1.807, 2.05) is 19.1 Å². The molecule has 1 amide bonds. The number of aromatic nitrogens is 1. The van der Waals surface area contributed by atoms with E-state index >= 15 is 0 Å². The molecule has 0 saturated carbocycles. The molecule has 2 heterocycles. The van der Waals surface area contributed by atoms with Crippen LogP contribution in [0.15, 0.2) is 22.6 Å². The summed E-state index contributed by atoms with van der Waals surface area (Å²) in [6.07, 6.45) is 1.82. The largest absolute Gasteiger partial charge is 0.490 e. The zero-order valence-corrected chi connectivity index (χ0v) is 13.1.